The van der Waals surface area contributed by atoms with E-state index in [1.54, 1.807) is 0 Å². The van der Waals surface area contributed by atoms with Gasteiger partial charge in [-0.3, -0.25) is 0 Å². The summed E-state index contributed by atoms with van der Waals surface area (Å²) in [4.78, 5) is 2.29. The van der Waals surface area contributed by atoms with E-state index in [4.69, 9.17) is 11.5 Å². The van der Waals surface area contributed by atoms with Crippen LogP contribution in [0.4, 0.5) is 0 Å². The van der Waals surface area contributed by atoms with E-state index in [1.165, 1.54) is 5.70 Å². The van der Waals surface area contributed by atoms with Crippen molar-refractivity contribution in [3.8, 4) is 0 Å². The molecule has 0 aromatic rings. The predicted molar refractivity (Wildman–Crippen MR) is 72.0 cm³/mol. The van der Waals surface area contributed by atoms with Gasteiger partial charge in [-0.05, 0) is 31.9 Å². The second-order valence-corrected chi connectivity index (χ2v) is 5.05. The van der Waals surface area contributed by atoms with E-state index in [2.05, 4.69) is 49.3 Å². The van der Waals surface area contributed by atoms with Crippen LogP contribution in [0.2, 0.25) is 0 Å². The molecule has 2 rings (SSSR count). The predicted octanol–water partition coefficient (Wildman–Crippen LogP) is 1.65. The van der Waals surface area contributed by atoms with Gasteiger partial charge in [0.25, 0.3) is 0 Å². The van der Waals surface area contributed by atoms with Crippen LogP contribution in [0.25, 0.3) is 0 Å². The van der Waals surface area contributed by atoms with Crippen LogP contribution in [0.1, 0.15) is 19.8 Å². The molecule has 2 atom stereocenters. The number of hydrogen-bond donors (Lipinski definition) is 2. The number of allylic oxidation sites excluding steroid dienone is 2. The fraction of sp³-hybridized carbons (Fsp3) is 0.429. The minimum absolute atomic E-state index is 0.000475. The molecule has 2 unspecified atom stereocenters. The minimum Gasteiger partial charge on any atom is -0.399 e. The van der Waals surface area contributed by atoms with Gasteiger partial charge in [0.15, 0.2) is 0 Å². The summed E-state index contributed by atoms with van der Waals surface area (Å²) in [7, 11) is 2.12. The van der Waals surface area contributed by atoms with Gasteiger partial charge in [-0.15, -0.1) is 0 Å². The molecule has 0 heterocycles. The Hall–Kier alpha value is -1.48. The SMILES string of the molecule is CN(C1=CCC(N)C=C1)C1(C)C=CC(N)=CC1. The quantitative estimate of drug-likeness (QED) is 0.760. The van der Waals surface area contributed by atoms with Gasteiger partial charge in [-0.1, -0.05) is 24.3 Å². The van der Waals surface area contributed by atoms with Crippen molar-refractivity contribution in [1.29, 1.82) is 0 Å². The maximum Gasteiger partial charge on any atom is 0.0592 e. The molecule has 2 aliphatic rings. The van der Waals surface area contributed by atoms with Crippen LogP contribution in [-0.4, -0.2) is 23.5 Å². The summed E-state index contributed by atoms with van der Waals surface area (Å²) in [5.41, 5.74) is 13.7. The number of hydrogen-bond acceptors (Lipinski definition) is 3. The number of nitrogens with zero attached hydrogens (tertiary/aromatic N) is 1. The van der Waals surface area contributed by atoms with Crippen LogP contribution in [0.3, 0.4) is 0 Å². The third-order valence-electron chi connectivity index (χ3n) is 3.65. The van der Waals surface area contributed by atoms with Crippen LogP contribution < -0.4 is 11.5 Å². The van der Waals surface area contributed by atoms with E-state index in [1.807, 2.05) is 6.08 Å². The van der Waals surface area contributed by atoms with Gasteiger partial charge in [0.1, 0.15) is 0 Å². The summed E-state index contributed by atoms with van der Waals surface area (Å²) in [5, 5.41) is 0. The van der Waals surface area contributed by atoms with Crippen LogP contribution >= 0.6 is 0 Å². The average Bonchev–Trinajstić information content (AvgIpc) is 2.33. The van der Waals surface area contributed by atoms with Gasteiger partial charge in [0.05, 0.1) is 5.54 Å². The minimum atomic E-state index is 0.000475. The standard InChI is InChI=1S/C14H21N3/c1-14(9-7-12(16)8-10-14)17(2)13-5-3-11(15)4-6-13/h3,5-9,11H,4,10,15-16H2,1-2H3. The zero-order valence-corrected chi connectivity index (χ0v) is 10.6. The average molecular weight is 231 g/mol. The molecule has 0 bridgehead atoms. The highest BCUT2D eigenvalue weighted by Crippen LogP contribution is 2.29. The lowest BCUT2D eigenvalue weighted by Gasteiger charge is -2.40. The van der Waals surface area contributed by atoms with Gasteiger partial charge in [-0.25, -0.2) is 0 Å². The van der Waals surface area contributed by atoms with Crippen molar-refractivity contribution < 1.29 is 0 Å². The third kappa shape index (κ3) is 2.44. The van der Waals surface area contributed by atoms with Crippen LogP contribution in [0.5, 0.6) is 0 Å². The summed E-state index contributed by atoms with van der Waals surface area (Å²) in [5.74, 6) is 0. The molecule has 0 aromatic carbocycles. The van der Waals surface area contributed by atoms with Gasteiger partial charge < -0.3 is 16.4 Å². The molecular formula is C14H21N3. The summed E-state index contributed by atoms with van der Waals surface area (Å²) in [6, 6.07) is 0.164. The third-order valence-corrected chi connectivity index (χ3v) is 3.65. The molecule has 92 valence electrons. The van der Waals surface area contributed by atoms with Crippen molar-refractivity contribution in [3.05, 3.63) is 47.9 Å². The fourth-order valence-corrected chi connectivity index (χ4v) is 2.15. The van der Waals surface area contributed by atoms with E-state index >= 15 is 0 Å². The Kier molecular flexibility index (Phi) is 3.11. The molecule has 4 N–H and O–H groups in total. The molecule has 0 amide bonds. The topological polar surface area (TPSA) is 55.3 Å². The van der Waals surface area contributed by atoms with Gasteiger partial charge in [0.2, 0.25) is 0 Å². The first-order valence-corrected chi connectivity index (χ1v) is 6.04. The summed E-state index contributed by atoms with van der Waals surface area (Å²) < 4.78 is 0. The lowest BCUT2D eigenvalue weighted by Crippen LogP contribution is -2.42. The molecule has 0 aromatic heterocycles. The Morgan fingerprint density at radius 3 is 2.65 bits per heavy atom. The molecule has 0 fully saturated rings. The first kappa shape index (κ1) is 12.0. The number of likely N-dealkylation sites (N-methyl/N-ethyl adjacent to an activating group) is 1. The van der Waals surface area contributed by atoms with Crippen molar-refractivity contribution in [2.45, 2.75) is 31.3 Å². The van der Waals surface area contributed by atoms with Crippen molar-refractivity contribution in [2.24, 2.45) is 11.5 Å². The summed E-state index contributed by atoms with van der Waals surface area (Å²) >= 11 is 0. The number of nitrogens with two attached hydrogens (primary N) is 2. The zero-order chi connectivity index (χ0) is 12.5. The van der Waals surface area contributed by atoms with Crippen molar-refractivity contribution in [1.82, 2.24) is 4.90 Å². The van der Waals surface area contributed by atoms with E-state index in [0.29, 0.717) is 0 Å². The van der Waals surface area contributed by atoms with Crippen LogP contribution in [0, 0.1) is 0 Å². The molecule has 2 aliphatic carbocycles. The first-order chi connectivity index (χ1) is 8.01. The lowest BCUT2D eigenvalue weighted by atomic mass is 9.89. The maximum atomic E-state index is 5.84. The molecule has 3 nitrogen and oxygen atoms in total. The monoisotopic (exact) mass is 231 g/mol. The number of rotatable bonds is 2. The molecule has 17 heavy (non-hydrogen) atoms. The lowest BCUT2D eigenvalue weighted by molar-refractivity contribution is 0.244. The molecule has 0 saturated carbocycles. The van der Waals surface area contributed by atoms with E-state index in [9.17, 15) is 0 Å². The Bertz CT molecular complexity index is 417. The maximum absolute atomic E-state index is 5.84. The molecule has 0 spiro atoms. The van der Waals surface area contributed by atoms with Gasteiger partial charge in [0, 0.05) is 24.5 Å². The zero-order valence-electron chi connectivity index (χ0n) is 10.6. The van der Waals surface area contributed by atoms with Gasteiger partial charge >= 0.3 is 0 Å². The van der Waals surface area contributed by atoms with Crippen molar-refractivity contribution in [2.75, 3.05) is 7.05 Å². The largest absolute Gasteiger partial charge is 0.399 e. The normalized spacial score (nSPS) is 32.1. The Labute approximate surface area is 103 Å². The molecule has 3 heteroatoms. The smallest absolute Gasteiger partial charge is 0.0592 e. The van der Waals surface area contributed by atoms with Crippen molar-refractivity contribution in [3.63, 3.8) is 0 Å². The van der Waals surface area contributed by atoms with Crippen LogP contribution in [-0.2, 0) is 0 Å². The molecular weight excluding hydrogens is 210 g/mol. The highest BCUT2D eigenvalue weighted by atomic mass is 15.2. The molecule has 0 radical (unpaired) electrons. The Balaban J connectivity index is 2.13. The summed E-state index contributed by atoms with van der Waals surface area (Å²) in [6.07, 6.45) is 14.4. The fourth-order valence-electron chi connectivity index (χ4n) is 2.15. The van der Waals surface area contributed by atoms with E-state index in [0.717, 1.165) is 18.5 Å². The Morgan fingerprint density at radius 1 is 1.35 bits per heavy atom. The Morgan fingerprint density at radius 2 is 2.12 bits per heavy atom. The summed E-state index contributed by atoms with van der Waals surface area (Å²) in [6.45, 7) is 2.22. The second kappa shape index (κ2) is 4.41. The molecule has 0 saturated heterocycles. The van der Waals surface area contributed by atoms with E-state index < -0.39 is 0 Å². The van der Waals surface area contributed by atoms with Crippen molar-refractivity contribution >= 4 is 0 Å². The highest BCUT2D eigenvalue weighted by Gasteiger charge is 2.28. The second-order valence-electron chi connectivity index (χ2n) is 5.05. The van der Waals surface area contributed by atoms with Gasteiger partial charge in [-0.2, -0.15) is 0 Å². The molecule has 0 aliphatic heterocycles. The first-order valence-electron chi connectivity index (χ1n) is 6.04. The van der Waals surface area contributed by atoms with Crippen LogP contribution in [0.15, 0.2) is 47.9 Å². The van der Waals surface area contributed by atoms with E-state index in [-0.39, 0.29) is 11.6 Å². The highest BCUT2D eigenvalue weighted by molar-refractivity contribution is 5.32.